The highest BCUT2D eigenvalue weighted by Gasteiger charge is 2.21. The van der Waals surface area contributed by atoms with Gasteiger partial charge < -0.3 is 49.1 Å². The van der Waals surface area contributed by atoms with E-state index in [4.69, 9.17) is 17.2 Å². The van der Waals surface area contributed by atoms with Gasteiger partial charge in [0.1, 0.15) is 17.1 Å². The van der Waals surface area contributed by atoms with Crippen LogP contribution in [0.4, 0.5) is 17.1 Å². The van der Waals surface area contributed by atoms with Gasteiger partial charge in [0.15, 0.2) is 0 Å². The van der Waals surface area contributed by atoms with Crippen molar-refractivity contribution >= 4 is 52.5 Å². The van der Waals surface area contributed by atoms with Gasteiger partial charge in [-0.1, -0.05) is 36.4 Å². The first-order valence-corrected chi connectivity index (χ1v) is 22.6. The lowest BCUT2D eigenvalue weighted by molar-refractivity contribution is -0.118. The predicted molar refractivity (Wildman–Crippen MR) is 261 cm³/mol. The lowest BCUT2D eigenvalue weighted by atomic mass is 9.85. The predicted octanol–water partition coefficient (Wildman–Crippen LogP) is 2.66. The highest BCUT2D eigenvalue weighted by atomic mass is 16.2. The van der Waals surface area contributed by atoms with E-state index in [1.165, 1.54) is 55.8 Å². The van der Waals surface area contributed by atoms with E-state index in [9.17, 15) is 28.8 Å². The zero-order valence-corrected chi connectivity index (χ0v) is 38.2. The zero-order chi connectivity index (χ0) is 49.7. The molecule has 0 radical (unpaired) electrons. The smallest absolute Gasteiger partial charge is 0.271 e. The summed E-state index contributed by atoms with van der Waals surface area (Å²) in [5, 5.41) is 16.8. The van der Waals surface area contributed by atoms with Crippen molar-refractivity contribution in [2.45, 2.75) is 62.6 Å². The highest BCUT2D eigenvalue weighted by Crippen LogP contribution is 2.34. The van der Waals surface area contributed by atoms with Crippen LogP contribution < -0.4 is 49.1 Å². The van der Waals surface area contributed by atoms with E-state index in [2.05, 4.69) is 61.8 Å². The average Bonchev–Trinajstić information content (AvgIpc) is 3.39. The number of nitrogens with one attached hydrogen (secondary N) is 6. The van der Waals surface area contributed by atoms with Crippen molar-refractivity contribution in [1.82, 2.24) is 45.9 Å². The lowest BCUT2D eigenvalue weighted by Gasteiger charge is -2.21. The Morgan fingerprint density at radius 2 is 0.671 bits per heavy atom. The van der Waals surface area contributed by atoms with Gasteiger partial charge in [-0.25, -0.2) is 15.0 Å². The van der Waals surface area contributed by atoms with Crippen LogP contribution in [0.3, 0.4) is 0 Å². The Bertz CT molecular complexity index is 2360. The molecule has 3 atom stereocenters. The molecule has 0 saturated heterocycles. The van der Waals surface area contributed by atoms with Crippen LogP contribution >= 0.6 is 0 Å². The van der Waals surface area contributed by atoms with Crippen molar-refractivity contribution < 1.29 is 28.8 Å². The van der Waals surface area contributed by atoms with Gasteiger partial charge in [-0.05, 0) is 91.6 Å². The Balaban J connectivity index is 1.06. The quantitative estimate of drug-likeness (QED) is 0.0311. The van der Waals surface area contributed by atoms with Crippen LogP contribution in [-0.4, -0.2) is 103 Å². The molecule has 21 heteroatoms. The average molecular weight is 950 g/mol. The molecule has 3 heterocycles. The molecule has 70 heavy (non-hydrogen) atoms. The van der Waals surface area contributed by atoms with E-state index in [1.54, 1.807) is 36.4 Å². The fourth-order valence-electron chi connectivity index (χ4n) is 7.04. The minimum absolute atomic E-state index is 0.195. The summed E-state index contributed by atoms with van der Waals surface area (Å²) in [5.41, 5.74) is 23.4. The summed E-state index contributed by atoms with van der Waals surface area (Å²) in [5.74, 6) is -2.57. The Morgan fingerprint density at radius 3 is 0.914 bits per heavy atom. The standard InChI is InChI=1S/C49H55N15O6/c50-37(4-1-19-59-47(68)40-28-53-22-25-56-40)44(65)62-34-13-7-31(8-14-34)43(32-9-15-35(16-10-32)63-45(66)38(51)5-2-20-60-48(69)41-29-54-23-26-57-41)33-11-17-36(18-12-33)64-46(67)39(52)6-3-21-61-49(70)42-30-55-24-27-58-42/h7-18,22-30,37-39,43H,1-6,19-21,50-52H2,(H,59,68)(H,60,69)(H,61,70)(H,62,65)(H,63,66)(H,64,67)/t37-,38-,39-/m0/s1. The molecular formula is C49H55N15O6. The maximum atomic E-state index is 13.0. The van der Waals surface area contributed by atoms with Crippen LogP contribution in [0.1, 0.15) is 92.6 Å². The summed E-state index contributed by atoms with van der Waals surface area (Å²) in [4.78, 5) is 99.5. The molecule has 0 aliphatic rings. The summed E-state index contributed by atoms with van der Waals surface area (Å²) in [6.45, 7) is 0.910. The first-order valence-electron chi connectivity index (χ1n) is 22.6. The summed E-state index contributed by atoms with van der Waals surface area (Å²) in [6, 6.07) is 19.6. The molecule has 0 bridgehead atoms. The van der Waals surface area contributed by atoms with Crippen molar-refractivity contribution in [3.63, 3.8) is 0 Å². The lowest BCUT2D eigenvalue weighted by Crippen LogP contribution is -2.36. The monoisotopic (exact) mass is 949 g/mol. The van der Waals surface area contributed by atoms with Crippen LogP contribution in [0.15, 0.2) is 129 Å². The molecule has 0 saturated carbocycles. The largest absolute Gasteiger partial charge is 0.351 e. The number of nitrogens with two attached hydrogens (primary N) is 3. The molecule has 0 aliphatic carbocycles. The second-order valence-electron chi connectivity index (χ2n) is 16.1. The fourth-order valence-corrected chi connectivity index (χ4v) is 7.04. The van der Waals surface area contributed by atoms with Crippen molar-refractivity contribution in [1.29, 1.82) is 0 Å². The fraction of sp³-hybridized carbons (Fsp3) is 0.265. The second-order valence-corrected chi connectivity index (χ2v) is 16.1. The summed E-state index contributed by atoms with van der Waals surface area (Å²) >= 11 is 0. The van der Waals surface area contributed by atoms with E-state index >= 15 is 0 Å². The number of aromatic nitrogens is 6. The van der Waals surface area contributed by atoms with Crippen LogP contribution in [0, 0.1) is 0 Å². The van der Waals surface area contributed by atoms with Crippen molar-refractivity contribution in [2.75, 3.05) is 35.6 Å². The minimum atomic E-state index is -0.824. The number of carbonyl (C=O) groups excluding carboxylic acids is 6. The number of anilines is 3. The first kappa shape index (κ1) is 51.0. The van der Waals surface area contributed by atoms with Crippen LogP contribution in [0.2, 0.25) is 0 Å². The van der Waals surface area contributed by atoms with Crippen LogP contribution in [0.25, 0.3) is 0 Å². The molecular weight excluding hydrogens is 895 g/mol. The molecule has 12 N–H and O–H groups in total. The van der Waals surface area contributed by atoms with E-state index in [0.29, 0.717) is 75.2 Å². The van der Waals surface area contributed by atoms with E-state index in [1.807, 2.05) is 36.4 Å². The van der Waals surface area contributed by atoms with Gasteiger partial charge in [-0.2, -0.15) is 0 Å². The molecule has 3 aromatic heterocycles. The Morgan fingerprint density at radius 1 is 0.400 bits per heavy atom. The third-order valence-electron chi connectivity index (χ3n) is 10.9. The van der Waals surface area contributed by atoms with Gasteiger partial charge >= 0.3 is 0 Å². The first-order chi connectivity index (χ1) is 33.9. The Hall–Kier alpha value is -8.40. The van der Waals surface area contributed by atoms with Gasteiger partial charge in [-0.3, -0.25) is 43.7 Å². The van der Waals surface area contributed by atoms with Gasteiger partial charge in [0.05, 0.1) is 36.7 Å². The molecule has 0 fully saturated rings. The second kappa shape index (κ2) is 26.2. The highest BCUT2D eigenvalue weighted by molar-refractivity contribution is 5.96. The third kappa shape index (κ3) is 15.6. The topological polar surface area (TPSA) is 330 Å². The number of amides is 6. The van der Waals surface area contributed by atoms with E-state index < -0.39 is 18.1 Å². The zero-order valence-electron chi connectivity index (χ0n) is 38.2. The SMILES string of the molecule is N[C@@H](CCCNC(=O)c1cnccn1)C(=O)Nc1ccc(C(c2ccc(NC(=O)[C@@H](N)CCCNC(=O)c3cnccn3)cc2)c2ccc(NC(=O)[C@@H](N)CCCNC(=O)c3cnccn3)cc2)cc1. The molecule has 6 rings (SSSR count). The summed E-state index contributed by atoms with van der Waals surface area (Å²) < 4.78 is 0. The third-order valence-corrected chi connectivity index (χ3v) is 10.9. The molecule has 6 amide bonds. The van der Waals surface area contributed by atoms with Gasteiger partial charge in [0, 0.05) is 79.8 Å². The van der Waals surface area contributed by atoms with E-state index in [-0.39, 0.29) is 58.4 Å². The number of carbonyl (C=O) groups is 6. The van der Waals surface area contributed by atoms with Gasteiger partial charge in [0.25, 0.3) is 17.7 Å². The van der Waals surface area contributed by atoms with Crippen molar-refractivity contribution in [3.05, 3.63) is 162 Å². The maximum absolute atomic E-state index is 13.0. The molecule has 0 spiro atoms. The molecule has 0 unspecified atom stereocenters. The molecule has 6 aromatic rings. The minimum Gasteiger partial charge on any atom is -0.351 e. The number of rotatable bonds is 24. The normalized spacial score (nSPS) is 12.2. The summed E-state index contributed by atoms with van der Waals surface area (Å²) in [6.07, 6.45) is 15.2. The maximum Gasteiger partial charge on any atom is 0.271 e. The van der Waals surface area contributed by atoms with E-state index in [0.717, 1.165) is 16.7 Å². The van der Waals surface area contributed by atoms with Crippen LogP contribution in [-0.2, 0) is 14.4 Å². The molecule has 3 aromatic carbocycles. The molecule has 0 aliphatic heterocycles. The molecule has 362 valence electrons. The number of hydrogen-bond acceptors (Lipinski definition) is 15. The van der Waals surface area contributed by atoms with Crippen LogP contribution in [0.5, 0.6) is 0 Å². The summed E-state index contributed by atoms with van der Waals surface area (Å²) in [7, 11) is 0. The van der Waals surface area contributed by atoms with Crippen molar-refractivity contribution in [3.8, 4) is 0 Å². The Kier molecular flexibility index (Phi) is 19.1. The Labute approximate surface area is 403 Å². The van der Waals surface area contributed by atoms with Gasteiger partial charge in [-0.15, -0.1) is 0 Å². The van der Waals surface area contributed by atoms with Crippen molar-refractivity contribution in [2.24, 2.45) is 17.2 Å². The number of benzene rings is 3. The number of nitrogens with zero attached hydrogens (tertiary/aromatic N) is 6. The molecule has 21 nitrogen and oxygen atoms in total. The van der Waals surface area contributed by atoms with Gasteiger partial charge in [0.2, 0.25) is 17.7 Å². The number of hydrogen-bond donors (Lipinski definition) is 9.